The molecule has 0 radical (unpaired) electrons. The second kappa shape index (κ2) is 8.91. The van der Waals surface area contributed by atoms with E-state index in [0.717, 1.165) is 18.4 Å². The first kappa shape index (κ1) is 22.2. The van der Waals surface area contributed by atoms with Gasteiger partial charge in [0.15, 0.2) is 0 Å². The number of aliphatic hydroxyl groups excluding tert-OH is 2. The first-order valence-electron chi connectivity index (χ1n) is 10.4. The highest BCUT2D eigenvalue weighted by atomic mass is 16.6. The summed E-state index contributed by atoms with van der Waals surface area (Å²) in [5.41, 5.74) is 2.93. The van der Waals surface area contributed by atoms with Gasteiger partial charge in [-0.05, 0) is 74.5 Å². The number of esters is 1. The SMILES string of the molecule is C=C1CCC[C@H]2[C@](C)(CCC(C)=CC(=O)OC(CO)CO)[C@@H](C)CC[C@]12C. The maximum absolute atomic E-state index is 12.0. The molecule has 2 fully saturated rings. The van der Waals surface area contributed by atoms with Crippen LogP contribution >= 0.6 is 0 Å². The monoisotopic (exact) mass is 378 g/mol. The topological polar surface area (TPSA) is 66.8 Å². The predicted molar refractivity (Wildman–Crippen MR) is 108 cm³/mol. The molecule has 2 rings (SSSR count). The van der Waals surface area contributed by atoms with E-state index in [-0.39, 0.29) is 24.0 Å². The van der Waals surface area contributed by atoms with Crippen LogP contribution in [0.15, 0.2) is 23.8 Å². The zero-order valence-corrected chi connectivity index (χ0v) is 17.6. The van der Waals surface area contributed by atoms with Gasteiger partial charge in [0.25, 0.3) is 0 Å². The highest BCUT2D eigenvalue weighted by molar-refractivity contribution is 5.82. The molecule has 4 atom stereocenters. The number of hydrogen-bond donors (Lipinski definition) is 2. The second-order valence-corrected chi connectivity index (χ2v) is 9.33. The molecule has 2 aliphatic rings. The van der Waals surface area contributed by atoms with E-state index in [1.54, 1.807) is 0 Å². The molecule has 0 heterocycles. The fourth-order valence-electron chi connectivity index (χ4n) is 5.46. The van der Waals surface area contributed by atoms with Crippen molar-refractivity contribution in [3.05, 3.63) is 23.8 Å². The third kappa shape index (κ3) is 4.65. The number of allylic oxidation sites excluding steroid dienone is 2. The van der Waals surface area contributed by atoms with Crippen molar-refractivity contribution in [2.75, 3.05) is 13.2 Å². The Balaban J connectivity index is 2.06. The molecule has 4 nitrogen and oxygen atoms in total. The third-order valence-electron chi connectivity index (χ3n) is 7.68. The average molecular weight is 379 g/mol. The Labute approximate surface area is 164 Å². The van der Waals surface area contributed by atoms with E-state index >= 15 is 0 Å². The van der Waals surface area contributed by atoms with Crippen LogP contribution in [-0.2, 0) is 9.53 Å². The molecule has 0 saturated heterocycles. The molecule has 2 aliphatic carbocycles. The zero-order valence-electron chi connectivity index (χ0n) is 17.6. The van der Waals surface area contributed by atoms with Gasteiger partial charge in [-0.15, -0.1) is 0 Å². The maximum atomic E-state index is 12.0. The van der Waals surface area contributed by atoms with Gasteiger partial charge in [0, 0.05) is 6.08 Å². The van der Waals surface area contributed by atoms with E-state index in [4.69, 9.17) is 14.9 Å². The summed E-state index contributed by atoms with van der Waals surface area (Å²) in [5, 5.41) is 18.1. The lowest BCUT2D eigenvalue weighted by atomic mass is 9.46. The summed E-state index contributed by atoms with van der Waals surface area (Å²) in [5.74, 6) is 0.829. The Kier molecular flexibility index (Phi) is 7.32. The highest BCUT2D eigenvalue weighted by Crippen LogP contribution is 2.62. The summed E-state index contributed by atoms with van der Waals surface area (Å²) in [6, 6.07) is 0. The number of carbonyl (C=O) groups is 1. The van der Waals surface area contributed by atoms with Gasteiger partial charge in [-0.3, -0.25) is 0 Å². The standard InChI is InChI=1S/C23H38O4/c1-16(13-21(26)27-19(14-24)15-25)9-11-22(4)18(3)10-12-23(5)17(2)7-6-8-20(22)23/h13,18-20,24-25H,2,6-12,14-15H2,1,3-5H3/t18-,20-,22+,23+/m0/s1. The first-order chi connectivity index (χ1) is 12.7. The molecule has 0 bridgehead atoms. The molecular formula is C23H38O4. The van der Waals surface area contributed by atoms with Crippen molar-refractivity contribution in [3.63, 3.8) is 0 Å². The number of carbonyl (C=O) groups excluding carboxylic acids is 1. The molecule has 0 aromatic carbocycles. The zero-order chi connectivity index (χ0) is 20.2. The van der Waals surface area contributed by atoms with Crippen molar-refractivity contribution in [2.24, 2.45) is 22.7 Å². The van der Waals surface area contributed by atoms with E-state index in [9.17, 15) is 4.79 Å². The Hall–Kier alpha value is -1.13. The Morgan fingerprint density at radius 3 is 2.63 bits per heavy atom. The van der Waals surface area contributed by atoms with Gasteiger partial charge in [0.2, 0.25) is 0 Å². The summed E-state index contributed by atoms with van der Waals surface area (Å²) >= 11 is 0. The van der Waals surface area contributed by atoms with Gasteiger partial charge in [-0.2, -0.15) is 0 Å². The van der Waals surface area contributed by atoms with E-state index in [1.807, 2.05) is 6.92 Å². The third-order valence-corrected chi connectivity index (χ3v) is 7.68. The minimum atomic E-state index is -0.841. The van der Waals surface area contributed by atoms with Gasteiger partial charge >= 0.3 is 5.97 Å². The summed E-state index contributed by atoms with van der Waals surface area (Å²) in [4.78, 5) is 12.0. The van der Waals surface area contributed by atoms with Gasteiger partial charge in [-0.1, -0.05) is 38.5 Å². The quantitative estimate of drug-likeness (QED) is 0.391. The van der Waals surface area contributed by atoms with Crippen molar-refractivity contribution < 1.29 is 19.7 Å². The molecule has 0 aliphatic heterocycles. The Morgan fingerprint density at radius 1 is 1.33 bits per heavy atom. The van der Waals surface area contributed by atoms with Gasteiger partial charge in [-0.25, -0.2) is 4.79 Å². The minimum absolute atomic E-state index is 0.244. The molecule has 0 aromatic heterocycles. The van der Waals surface area contributed by atoms with Gasteiger partial charge in [0.1, 0.15) is 6.10 Å². The van der Waals surface area contributed by atoms with Gasteiger partial charge < -0.3 is 14.9 Å². The van der Waals surface area contributed by atoms with E-state index in [2.05, 4.69) is 27.4 Å². The average Bonchev–Trinajstić information content (AvgIpc) is 2.63. The van der Waals surface area contributed by atoms with E-state index in [0.29, 0.717) is 11.8 Å². The Bertz CT molecular complexity index is 577. The number of ether oxygens (including phenoxy) is 1. The van der Waals surface area contributed by atoms with Gasteiger partial charge in [0.05, 0.1) is 13.2 Å². The smallest absolute Gasteiger partial charge is 0.331 e. The maximum Gasteiger partial charge on any atom is 0.331 e. The van der Waals surface area contributed by atoms with Crippen LogP contribution in [0.1, 0.15) is 72.6 Å². The molecule has 0 unspecified atom stereocenters. The lowest BCUT2D eigenvalue weighted by molar-refractivity contribution is -0.147. The lowest BCUT2D eigenvalue weighted by Crippen LogP contribution is -2.50. The molecule has 2 N–H and O–H groups in total. The van der Waals surface area contributed by atoms with Crippen LogP contribution in [0, 0.1) is 22.7 Å². The van der Waals surface area contributed by atoms with Crippen molar-refractivity contribution in [1.82, 2.24) is 0 Å². The molecule has 0 amide bonds. The minimum Gasteiger partial charge on any atom is -0.454 e. The number of aliphatic hydroxyl groups is 2. The van der Waals surface area contributed by atoms with Crippen LogP contribution in [0.4, 0.5) is 0 Å². The number of hydrogen-bond acceptors (Lipinski definition) is 4. The lowest BCUT2D eigenvalue weighted by Gasteiger charge is -2.59. The highest BCUT2D eigenvalue weighted by Gasteiger charge is 2.53. The number of rotatable bonds is 7. The first-order valence-corrected chi connectivity index (χ1v) is 10.4. The molecule has 154 valence electrons. The molecular weight excluding hydrogens is 340 g/mol. The largest absolute Gasteiger partial charge is 0.454 e. The van der Waals surface area contributed by atoms with Crippen molar-refractivity contribution in [2.45, 2.75) is 78.7 Å². The molecule has 0 aromatic rings. The van der Waals surface area contributed by atoms with Crippen molar-refractivity contribution >= 4 is 5.97 Å². The van der Waals surface area contributed by atoms with E-state index in [1.165, 1.54) is 43.8 Å². The fraction of sp³-hybridized carbons (Fsp3) is 0.783. The Morgan fingerprint density at radius 2 is 2.00 bits per heavy atom. The van der Waals surface area contributed by atoms with Crippen LogP contribution in [0.2, 0.25) is 0 Å². The molecule has 4 heteroatoms. The second-order valence-electron chi connectivity index (χ2n) is 9.33. The van der Waals surface area contributed by atoms with E-state index < -0.39 is 12.1 Å². The van der Waals surface area contributed by atoms with Crippen LogP contribution in [0.5, 0.6) is 0 Å². The van der Waals surface area contributed by atoms with Crippen molar-refractivity contribution in [1.29, 1.82) is 0 Å². The van der Waals surface area contributed by atoms with Crippen molar-refractivity contribution in [3.8, 4) is 0 Å². The summed E-state index contributed by atoms with van der Waals surface area (Å²) in [7, 11) is 0. The fourth-order valence-corrected chi connectivity index (χ4v) is 5.46. The summed E-state index contributed by atoms with van der Waals surface area (Å²) in [6.07, 6.45) is 8.75. The molecule has 2 saturated carbocycles. The summed E-state index contributed by atoms with van der Waals surface area (Å²) in [6.45, 7) is 12.9. The normalized spacial score (nSPS) is 34.5. The molecule has 0 spiro atoms. The predicted octanol–water partition coefficient (Wildman–Crippen LogP) is 4.41. The molecule has 27 heavy (non-hydrogen) atoms. The van der Waals surface area contributed by atoms with Crippen LogP contribution in [0.3, 0.4) is 0 Å². The summed E-state index contributed by atoms with van der Waals surface area (Å²) < 4.78 is 5.05. The van der Waals surface area contributed by atoms with Crippen LogP contribution < -0.4 is 0 Å². The van der Waals surface area contributed by atoms with Crippen LogP contribution in [0.25, 0.3) is 0 Å². The van der Waals surface area contributed by atoms with Crippen LogP contribution in [-0.4, -0.2) is 35.5 Å². The number of fused-ring (bicyclic) bond motifs is 1.